The van der Waals surface area contributed by atoms with Crippen LogP contribution in [0.15, 0.2) is 48.5 Å². The highest BCUT2D eigenvalue weighted by molar-refractivity contribution is 6.32. The number of hydrogen-bond donors (Lipinski definition) is 1. The molecule has 0 unspecified atom stereocenters. The first-order valence-corrected chi connectivity index (χ1v) is 8.06. The van der Waals surface area contributed by atoms with E-state index in [-0.39, 0.29) is 19.8 Å². The Labute approximate surface area is 150 Å². The Bertz CT molecular complexity index is 735. The number of carbonyl (C=O) groups excluding carboxylic acids is 2. The van der Waals surface area contributed by atoms with Gasteiger partial charge in [0.15, 0.2) is 0 Å². The summed E-state index contributed by atoms with van der Waals surface area (Å²) in [5.41, 5.74) is 0.757. The van der Waals surface area contributed by atoms with Gasteiger partial charge in [-0.05, 0) is 37.3 Å². The Hall–Kier alpha value is -2.73. The summed E-state index contributed by atoms with van der Waals surface area (Å²) >= 11 is 5.97. The first-order chi connectivity index (χ1) is 12.1. The molecule has 2 rings (SSSR count). The van der Waals surface area contributed by atoms with E-state index in [1.54, 1.807) is 49.4 Å². The molecule has 0 aromatic heterocycles. The summed E-state index contributed by atoms with van der Waals surface area (Å²) in [7, 11) is 0. The van der Waals surface area contributed by atoms with E-state index in [0.717, 1.165) is 0 Å². The number of hydrogen-bond acceptors (Lipinski definition) is 5. The molecule has 0 radical (unpaired) electrons. The standard InChI is InChI=1S/C18H18ClNO5/c1-2-23-18(22)20-14-7-5-6-13(12-14)17(21)25-11-10-24-16-9-4-3-8-15(16)19/h3-9,12H,2,10-11H2,1H3,(H,20,22). The highest BCUT2D eigenvalue weighted by Gasteiger charge is 2.10. The normalized spacial score (nSPS) is 10.0. The highest BCUT2D eigenvalue weighted by atomic mass is 35.5. The maximum Gasteiger partial charge on any atom is 0.411 e. The van der Waals surface area contributed by atoms with Gasteiger partial charge in [0, 0.05) is 5.69 Å². The number of amides is 1. The van der Waals surface area contributed by atoms with Crippen molar-refractivity contribution in [2.24, 2.45) is 0 Å². The van der Waals surface area contributed by atoms with Gasteiger partial charge >= 0.3 is 12.1 Å². The molecule has 0 heterocycles. The summed E-state index contributed by atoms with van der Waals surface area (Å²) in [5, 5.41) is 3.02. The third-order valence-electron chi connectivity index (χ3n) is 3.03. The average molecular weight is 364 g/mol. The Morgan fingerprint density at radius 3 is 2.60 bits per heavy atom. The van der Waals surface area contributed by atoms with E-state index in [9.17, 15) is 9.59 Å². The number of esters is 1. The molecule has 0 saturated heterocycles. The molecule has 1 amide bonds. The van der Waals surface area contributed by atoms with Crippen LogP contribution in [0.3, 0.4) is 0 Å². The molecule has 0 spiro atoms. The molecule has 132 valence electrons. The number of anilines is 1. The summed E-state index contributed by atoms with van der Waals surface area (Å²) < 4.78 is 15.4. The molecule has 25 heavy (non-hydrogen) atoms. The molecule has 0 aliphatic heterocycles. The van der Waals surface area contributed by atoms with Crippen molar-refractivity contribution in [1.29, 1.82) is 0 Å². The van der Waals surface area contributed by atoms with Gasteiger partial charge in [0.2, 0.25) is 0 Å². The van der Waals surface area contributed by atoms with Crippen molar-refractivity contribution in [1.82, 2.24) is 0 Å². The third-order valence-corrected chi connectivity index (χ3v) is 3.34. The summed E-state index contributed by atoms with van der Waals surface area (Å²) in [5.74, 6) is 0.0103. The Balaban J connectivity index is 1.82. The number of benzene rings is 2. The smallest absolute Gasteiger partial charge is 0.411 e. The minimum absolute atomic E-state index is 0.0690. The number of para-hydroxylation sites is 1. The number of nitrogens with one attached hydrogen (secondary N) is 1. The fourth-order valence-corrected chi connectivity index (χ4v) is 2.13. The van der Waals surface area contributed by atoms with Crippen LogP contribution in [0, 0.1) is 0 Å². The zero-order chi connectivity index (χ0) is 18.1. The van der Waals surface area contributed by atoms with E-state index < -0.39 is 12.1 Å². The van der Waals surface area contributed by atoms with Gasteiger partial charge in [-0.2, -0.15) is 0 Å². The van der Waals surface area contributed by atoms with Gasteiger partial charge in [-0.1, -0.05) is 29.8 Å². The van der Waals surface area contributed by atoms with Gasteiger partial charge in [0.05, 0.1) is 17.2 Å². The van der Waals surface area contributed by atoms with Crippen molar-refractivity contribution in [2.45, 2.75) is 6.92 Å². The molecule has 2 aromatic carbocycles. The van der Waals surface area contributed by atoms with Crippen molar-refractivity contribution in [3.8, 4) is 5.75 Å². The van der Waals surface area contributed by atoms with Crippen molar-refractivity contribution in [2.75, 3.05) is 25.1 Å². The van der Waals surface area contributed by atoms with Gasteiger partial charge in [-0.25, -0.2) is 9.59 Å². The first-order valence-electron chi connectivity index (χ1n) is 7.68. The van der Waals surface area contributed by atoms with Crippen LogP contribution < -0.4 is 10.1 Å². The minimum atomic E-state index is -0.582. The van der Waals surface area contributed by atoms with Crippen LogP contribution >= 0.6 is 11.6 Å². The topological polar surface area (TPSA) is 73.9 Å². The SMILES string of the molecule is CCOC(=O)Nc1cccc(C(=O)OCCOc2ccccc2Cl)c1. The van der Waals surface area contributed by atoms with Crippen LogP contribution in [0.2, 0.25) is 5.02 Å². The predicted molar refractivity (Wildman–Crippen MR) is 94.3 cm³/mol. The van der Waals surface area contributed by atoms with Gasteiger partial charge in [-0.15, -0.1) is 0 Å². The van der Waals surface area contributed by atoms with Crippen LogP contribution in [-0.2, 0) is 9.47 Å². The summed E-state index contributed by atoms with van der Waals surface area (Å²) in [6.45, 7) is 2.22. The monoisotopic (exact) mass is 363 g/mol. The average Bonchev–Trinajstić information content (AvgIpc) is 2.60. The Morgan fingerprint density at radius 1 is 1.04 bits per heavy atom. The molecule has 6 nitrogen and oxygen atoms in total. The molecule has 0 atom stereocenters. The fraction of sp³-hybridized carbons (Fsp3) is 0.222. The highest BCUT2D eigenvalue weighted by Crippen LogP contribution is 2.22. The second kappa shape index (κ2) is 9.54. The van der Waals surface area contributed by atoms with Crippen molar-refractivity contribution in [3.63, 3.8) is 0 Å². The molecule has 2 aromatic rings. The summed E-state index contributed by atoms with van der Waals surface area (Å²) in [6.07, 6.45) is -0.582. The predicted octanol–water partition coefficient (Wildman–Crippen LogP) is 4.14. The molecule has 0 aliphatic carbocycles. The Morgan fingerprint density at radius 2 is 1.84 bits per heavy atom. The quantitative estimate of drug-likeness (QED) is 0.591. The summed E-state index contributed by atoms with van der Waals surface area (Å²) in [4.78, 5) is 23.4. The van der Waals surface area contributed by atoms with Gasteiger partial charge < -0.3 is 14.2 Å². The fourth-order valence-electron chi connectivity index (χ4n) is 1.94. The van der Waals surface area contributed by atoms with Gasteiger partial charge in [0.1, 0.15) is 19.0 Å². The van der Waals surface area contributed by atoms with E-state index in [2.05, 4.69) is 5.32 Å². The lowest BCUT2D eigenvalue weighted by Gasteiger charge is -2.09. The maximum absolute atomic E-state index is 12.0. The molecule has 1 N–H and O–H groups in total. The van der Waals surface area contributed by atoms with Gasteiger partial charge in [-0.3, -0.25) is 5.32 Å². The summed E-state index contributed by atoms with van der Waals surface area (Å²) in [6, 6.07) is 13.4. The lowest BCUT2D eigenvalue weighted by atomic mass is 10.2. The zero-order valence-corrected chi connectivity index (χ0v) is 14.4. The molecule has 7 heteroatoms. The lowest BCUT2D eigenvalue weighted by molar-refractivity contribution is 0.0450. The zero-order valence-electron chi connectivity index (χ0n) is 13.7. The molecule has 0 aliphatic rings. The van der Waals surface area contributed by atoms with E-state index in [1.165, 1.54) is 6.07 Å². The molecular formula is C18H18ClNO5. The van der Waals surface area contributed by atoms with Crippen LogP contribution in [-0.4, -0.2) is 31.9 Å². The molecule has 0 saturated carbocycles. The second-order valence-electron chi connectivity index (χ2n) is 4.84. The van der Waals surface area contributed by atoms with E-state index >= 15 is 0 Å². The van der Waals surface area contributed by atoms with Gasteiger partial charge in [0.25, 0.3) is 0 Å². The number of ether oxygens (including phenoxy) is 3. The number of rotatable bonds is 7. The van der Waals surface area contributed by atoms with Crippen molar-refractivity contribution < 1.29 is 23.8 Å². The van der Waals surface area contributed by atoms with Crippen molar-refractivity contribution in [3.05, 3.63) is 59.1 Å². The minimum Gasteiger partial charge on any atom is -0.488 e. The Kier molecular flexibility index (Phi) is 7.10. The van der Waals surface area contributed by atoms with E-state index in [0.29, 0.717) is 22.0 Å². The molecule has 0 bridgehead atoms. The number of halogens is 1. The van der Waals surface area contributed by atoms with Crippen LogP contribution in [0.5, 0.6) is 5.75 Å². The largest absolute Gasteiger partial charge is 0.488 e. The maximum atomic E-state index is 12.0. The first kappa shape index (κ1) is 18.6. The van der Waals surface area contributed by atoms with E-state index in [4.69, 9.17) is 25.8 Å². The lowest BCUT2D eigenvalue weighted by Crippen LogP contribution is -2.15. The second-order valence-corrected chi connectivity index (χ2v) is 5.25. The van der Waals surface area contributed by atoms with E-state index in [1.807, 2.05) is 0 Å². The molecular weight excluding hydrogens is 346 g/mol. The van der Waals surface area contributed by atoms with Crippen LogP contribution in [0.25, 0.3) is 0 Å². The van der Waals surface area contributed by atoms with Crippen LogP contribution in [0.4, 0.5) is 10.5 Å². The number of carbonyl (C=O) groups is 2. The van der Waals surface area contributed by atoms with Crippen molar-refractivity contribution >= 4 is 29.4 Å². The molecule has 0 fully saturated rings. The van der Waals surface area contributed by atoms with Crippen LogP contribution in [0.1, 0.15) is 17.3 Å². The third kappa shape index (κ3) is 6.00.